The second-order valence-electron chi connectivity index (χ2n) is 6.08. The van der Waals surface area contributed by atoms with Gasteiger partial charge in [-0.1, -0.05) is 52.3 Å². The van der Waals surface area contributed by atoms with Crippen molar-refractivity contribution < 1.29 is 0 Å². The second kappa shape index (κ2) is 4.71. The van der Waals surface area contributed by atoms with Crippen LogP contribution in [0.15, 0.2) is 53.0 Å². The van der Waals surface area contributed by atoms with Crippen LogP contribution in [0.25, 0.3) is 0 Å². The number of halogens is 1. The Balaban J connectivity index is 1.62. The van der Waals surface area contributed by atoms with Crippen molar-refractivity contribution in [3.63, 3.8) is 0 Å². The van der Waals surface area contributed by atoms with Gasteiger partial charge in [-0.15, -0.1) is 0 Å². The van der Waals surface area contributed by atoms with Crippen molar-refractivity contribution in [2.75, 3.05) is 0 Å². The fourth-order valence-corrected chi connectivity index (χ4v) is 4.28. The normalized spacial score (nSPS) is 28.4. The Kier molecular flexibility index (Phi) is 2.97. The molecule has 102 valence electrons. The van der Waals surface area contributed by atoms with Crippen LogP contribution in [0.5, 0.6) is 0 Å². The minimum absolute atomic E-state index is 0.171. The third kappa shape index (κ3) is 1.94. The van der Waals surface area contributed by atoms with E-state index in [4.69, 9.17) is 5.73 Å². The molecule has 1 fully saturated rings. The Bertz CT molecular complexity index is 634. The van der Waals surface area contributed by atoms with Gasteiger partial charge in [0, 0.05) is 10.5 Å². The standard InChI is InChI=1S/C18H18BrN/c19-13-8-5-12(6-9-13)18(20)17-15-10-7-11-3-1-2-4-14(11)16(15)17/h1-6,8-9,15-18H,7,10,20H2. The molecule has 2 aromatic rings. The lowest BCUT2D eigenvalue weighted by Gasteiger charge is -2.14. The summed E-state index contributed by atoms with van der Waals surface area (Å²) in [5.74, 6) is 2.11. The molecule has 0 radical (unpaired) electrons. The highest BCUT2D eigenvalue weighted by Gasteiger charge is 2.55. The van der Waals surface area contributed by atoms with E-state index in [1.807, 2.05) is 0 Å². The van der Waals surface area contributed by atoms with E-state index in [-0.39, 0.29) is 6.04 Å². The summed E-state index contributed by atoms with van der Waals surface area (Å²) in [7, 11) is 0. The van der Waals surface area contributed by atoms with Gasteiger partial charge in [0.2, 0.25) is 0 Å². The third-order valence-corrected chi connectivity index (χ3v) is 5.59. The summed E-state index contributed by atoms with van der Waals surface area (Å²) in [6, 6.07) is 17.6. The van der Waals surface area contributed by atoms with Crippen molar-refractivity contribution in [1.29, 1.82) is 0 Å². The molecule has 20 heavy (non-hydrogen) atoms. The van der Waals surface area contributed by atoms with Gasteiger partial charge < -0.3 is 5.73 Å². The minimum Gasteiger partial charge on any atom is -0.324 e. The molecule has 2 aliphatic carbocycles. The summed E-state index contributed by atoms with van der Waals surface area (Å²) in [4.78, 5) is 0. The summed E-state index contributed by atoms with van der Waals surface area (Å²) in [6.45, 7) is 0. The van der Waals surface area contributed by atoms with Gasteiger partial charge in [0.1, 0.15) is 0 Å². The third-order valence-electron chi connectivity index (χ3n) is 5.06. The zero-order valence-electron chi connectivity index (χ0n) is 11.3. The van der Waals surface area contributed by atoms with E-state index in [1.54, 1.807) is 11.1 Å². The molecule has 4 rings (SSSR count). The van der Waals surface area contributed by atoms with Crippen molar-refractivity contribution in [2.24, 2.45) is 17.6 Å². The highest BCUT2D eigenvalue weighted by molar-refractivity contribution is 9.10. The number of fused-ring (bicyclic) bond motifs is 3. The lowest BCUT2D eigenvalue weighted by Crippen LogP contribution is -2.14. The van der Waals surface area contributed by atoms with Crippen LogP contribution in [0.4, 0.5) is 0 Å². The Morgan fingerprint density at radius 3 is 2.60 bits per heavy atom. The topological polar surface area (TPSA) is 26.0 Å². The molecular weight excluding hydrogens is 310 g/mol. The molecule has 1 nitrogen and oxygen atoms in total. The maximum atomic E-state index is 6.55. The monoisotopic (exact) mass is 327 g/mol. The van der Waals surface area contributed by atoms with E-state index < -0.39 is 0 Å². The SMILES string of the molecule is NC(c1ccc(Br)cc1)C1C2CCc3ccccc3C21. The molecule has 4 atom stereocenters. The summed E-state index contributed by atoms with van der Waals surface area (Å²) >= 11 is 3.49. The van der Waals surface area contributed by atoms with E-state index in [2.05, 4.69) is 64.5 Å². The largest absolute Gasteiger partial charge is 0.324 e. The Morgan fingerprint density at radius 2 is 1.80 bits per heavy atom. The summed E-state index contributed by atoms with van der Waals surface area (Å²) < 4.78 is 1.12. The number of aryl methyl sites for hydroxylation is 1. The molecule has 0 saturated heterocycles. The van der Waals surface area contributed by atoms with Crippen molar-refractivity contribution in [1.82, 2.24) is 0 Å². The summed E-state index contributed by atoms with van der Waals surface area (Å²) in [6.07, 6.45) is 2.53. The first-order valence-corrected chi connectivity index (χ1v) is 8.14. The summed E-state index contributed by atoms with van der Waals surface area (Å²) in [5, 5.41) is 0. The number of hydrogen-bond donors (Lipinski definition) is 1. The molecule has 0 bridgehead atoms. The van der Waals surface area contributed by atoms with Gasteiger partial charge in [0.05, 0.1) is 0 Å². The average Bonchev–Trinajstić information content (AvgIpc) is 3.22. The number of benzene rings is 2. The van der Waals surface area contributed by atoms with Gasteiger partial charge in [0.25, 0.3) is 0 Å². The Labute approximate surface area is 128 Å². The molecule has 0 heterocycles. The lowest BCUT2D eigenvalue weighted by atomic mass is 9.92. The highest BCUT2D eigenvalue weighted by Crippen LogP contribution is 2.63. The Morgan fingerprint density at radius 1 is 1.05 bits per heavy atom. The molecule has 2 N–H and O–H groups in total. The maximum absolute atomic E-state index is 6.55. The van der Waals surface area contributed by atoms with Crippen molar-refractivity contribution >= 4 is 15.9 Å². The highest BCUT2D eigenvalue weighted by atomic mass is 79.9. The van der Waals surface area contributed by atoms with Gasteiger partial charge in [-0.3, -0.25) is 0 Å². The van der Waals surface area contributed by atoms with Crippen LogP contribution in [-0.4, -0.2) is 0 Å². The predicted octanol–water partition coefficient (Wildman–Crippen LogP) is 4.42. The molecule has 0 amide bonds. The second-order valence-corrected chi connectivity index (χ2v) is 7.00. The number of hydrogen-bond acceptors (Lipinski definition) is 1. The van der Waals surface area contributed by atoms with E-state index in [9.17, 15) is 0 Å². The molecule has 0 spiro atoms. The average molecular weight is 328 g/mol. The van der Waals surface area contributed by atoms with Gasteiger partial charge in [0.15, 0.2) is 0 Å². The summed E-state index contributed by atoms with van der Waals surface area (Å²) in [5.41, 5.74) is 10.9. The van der Waals surface area contributed by atoms with Crippen molar-refractivity contribution in [2.45, 2.75) is 24.8 Å². The van der Waals surface area contributed by atoms with Crippen LogP contribution in [0.2, 0.25) is 0 Å². The zero-order valence-corrected chi connectivity index (χ0v) is 12.9. The van der Waals surface area contributed by atoms with Crippen molar-refractivity contribution in [3.05, 3.63) is 69.7 Å². The first-order valence-electron chi connectivity index (χ1n) is 7.34. The number of nitrogens with two attached hydrogens (primary N) is 1. The van der Waals surface area contributed by atoms with Crippen LogP contribution < -0.4 is 5.73 Å². The molecule has 2 aromatic carbocycles. The van der Waals surface area contributed by atoms with Crippen LogP contribution in [0.3, 0.4) is 0 Å². The fraction of sp³-hybridized carbons (Fsp3) is 0.333. The quantitative estimate of drug-likeness (QED) is 0.867. The van der Waals surface area contributed by atoms with Gasteiger partial charge >= 0.3 is 0 Å². The first-order chi connectivity index (χ1) is 9.75. The fourth-order valence-electron chi connectivity index (χ4n) is 4.02. The molecule has 0 aliphatic heterocycles. The molecule has 2 heteroatoms. The molecular formula is C18H18BrN. The van der Waals surface area contributed by atoms with Crippen LogP contribution in [0, 0.1) is 11.8 Å². The van der Waals surface area contributed by atoms with E-state index in [0.29, 0.717) is 11.8 Å². The van der Waals surface area contributed by atoms with E-state index in [0.717, 1.165) is 10.4 Å². The van der Waals surface area contributed by atoms with Crippen LogP contribution in [0.1, 0.15) is 35.1 Å². The molecule has 0 aromatic heterocycles. The number of rotatable bonds is 2. The van der Waals surface area contributed by atoms with Crippen LogP contribution in [-0.2, 0) is 6.42 Å². The lowest BCUT2D eigenvalue weighted by molar-refractivity contribution is 0.555. The zero-order chi connectivity index (χ0) is 13.7. The molecule has 2 aliphatic rings. The maximum Gasteiger partial charge on any atom is 0.0332 e. The Hall–Kier alpha value is -1.12. The van der Waals surface area contributed by atoms with Gasteiger partial charge in [-0.05, 0) is 59.4 Å². The smallest absolute Gasteiger partial charge is 0.0332 e. The van der Waals surface area contributed by atoms with Gasteiger partial charge in [-0.2, -0.15) is 0 Å². The predicted molar refractivity (Wildman–Crippen MR) is 85.6 cm³/mol. The van der Waals surface area contributed by atoms with Crippen LogP contribution >= 0.6 is 15.9 Å². The molecule has 4 unspecified atom stereocenters. The van der Waals surface area contributed by atoms with Crippen molar-refractivity contribution in [3.8, 4) is 0 Å². The minimum atomic E-state index is 0.171. The van der Waals surface area contributed by atoms with E-state index >= 15 is 0 Å². The van der Waals surface area contributed by atoms with Gasteiger partial charge in [-0.25, -0.2) is 0 Å². The molecule has 1 saturated carbocycles. The van der Waals surface area contributed by atoms with E-state index in [1.165, 1.54) is 18.4 Å². The first kappa shape index (κ1) is 12.6.